The standard InChI is InChI=1S/C23H14ClN5OS/c24-14-9-11-15(12-10-14)26-21-17(13-25)23(30)29(28-21)22-16-5-1-3-7-19(16)31-20-8-4-2-6-18(20)27-22/h1-12,26,28H. The number of hydrogen-bond donors (Lipinski definition) is 2. The minimum Gasteiger partial charge on any atom is -0.339 e. The number of hydrogen-bond acceptors (Lipinski definition) is 5. The number of nitriles is 1. The molecule has 1 aromatic heterocycles. The fraction of sp³-hybridized carbons (Fsp3) is 0. The van der Waals surface area contributed by atoms with Gasteiger partial charge in [0, 0.05) is 26.1 Å². The summed E-state index contributed by atoms with van der Waals surface area (Å²) in [6.45, 7) is 0. The Balaban J connectivity index is 1.68. The molecule has 0 spiro atoms. The van der Waals surface area contributed by atoms with Gasteiger partial charge in [-0.1, -0.05) is 53.7 Å². The number of aromatic nitrogens is 2. The number of nitrogens with zero attached hydrogens (tertiary/aromatic N) is 3. The topological polar surface area (TPSA) is 86.0 Å². The van der Waals surface area contributed by atoms with Gasteiger partial charge in [0.2, 0.25) is 0 Å². The number of anilines is 2. The van der Waals surface area contributed by atoms with E-state index >= 15 is 0 Å². The second-order valence-corrected chi connectivity index (χ2v) is 8.27. The smallest absolute Gasteiger partial charge is 0.292 e. The molecule has 3 aromatic carbocycles. The van der Waals surface area contributed by atoms with E-state index in [1.54, 1.807) is 36.0 Å². The van der Waals surface area contributed by atoms with Crippen LogP contribution < -0.4 is 10.9 Å². The van der Waals surface area contributed by atoms with Gasteiger partial charge in [-0.2, -0.15) is 9.94 Å². The fourth-order valence-corrected chi connectivity index (χ4v) is 4.44. The molecule has 2 N–H and O–H groups in total. The van der Waals surface area contributed by atoms with Crippen LogP contribution in [0.25, 0.3) is 0 Å². The predicted molar refractivity (Wildman–Crippen MR) is 123 cm³/mol. The van der Waals surface area contributed by atoms with Gasteiger partial charge in [-0.05, 0) is 42.5 Å². The molecule has 0 saturated heterocycles. The minimum absolute atomic E-state index is 0.0275. The van der Waals surface area contributed by atoms with Gasteiger partial charge in [-0.3, -0.25) is 9.89 Å². The van der Waals surface area contributed by atoms with Gasteiger partial charge in [0.05, 0.1) is 5.69 Å². The highest BCUT2D eigenvalue weighted by Crippen LogP contribution is 2.40. The van der Waals surface area contributed by atoms with Gasteiger partial charge in [0.15, 0.2) is 11.4 Å². The molecular formula is C23H14ClN5OS. The Labute approximate surface area is 186 Å². The van der Waals surface area contributed by atoms with Crippen molar-refractivity contribution < 1.29 is 0 Å². The van der Waals surface area contributed by atoms with Crippen LogP contribution in [-0.4, -0.2) is 15.6 Å². The fourth-order valence-electron chi connectivity index (χ4n) is 3.30. The molecule has 0 radical (unpaired) electrons. The van der Waals surface area contributed by atoms with E-state index in [0.29, 0.717) is 22.4 Å². The maximum Gasteiger partial charge on any atom is 0.292 e. The van der Waals surface area contributed by atoms with Crippen LogP contribution in [0.2, 0.25) is 5.02 Å². The molecule has 0 atom stereocenters. The highest BCUT2D eigenvalue weighted by molar-refractivity contribution is 7.99. The Morgan fingerprint density at radius 3 is 2.48 bits per heavy atom. The average Bonchev–Trinajstić information content (AvgIpc) is 2.99. The number of aromatic amines is 1. The molecule has 150 valence electrons. The molecule has 4 aromatic rings. The Bertz CT molecular complexity index is 1430. The lowest BCUT2D eigenvalue weighted by Crippen LogP contribution is -2.27. The molecular weight excluding hydrogens is 430 g/mol. The van der Waals surface area contributed by atoms with E-state index in [1.807, 2.05) is 54.6 Å². The van der Waals surface area contributed by atoms with Crippen LogP contribution in [0.3, 0.4) is 0 Å². The maximum atomic E-state index is 13.2. The number of nitrogens with one attached hydrogen (secondary N) is 2. The molecule has 2 heterocycles. The second-order valence-electron chi connectivity index (χ2n) is 6.75. The second kappa shape index (κ2) is 7.84. The summed E-state index contributed by atoms with van der Waals surface area (Å²) in [6.07, 6.45) is 0. The highest BCUT2D eigenvalue weighted by atomic mass is 35.5. The first-order valence-corrected chi connectivity index (χ1v) is 10.6. The van der Waals surface area contributed by atoms with Crippen molar-refractivity contribution in [3.8, 4) is 6.07 Å². The van der Waals surface area contributed by atoms with Crippen molar-refractivity contribution in [1.29, 1.82) is 5.26 Å². The van der Waals surface area contributed by atoms with Gasteiger partial charge in [0.25, 0.3) is 5.56 Å². The SMILES string of the molecule is N#Cc1c(Nc2ccc(Cl)cc2)[nH]n(C2=Nc3ccccc3Sc3ccccc32)c1=O. The molecule has 31 heavy (non-hydrogen) atoms. The van der Waals surface area contributed by atoms with Gasteiger partial charge in [-0.25, -0.2) is 4.99 Å². The predicted octanol–water partition coefficient (Wildman–Crippen LogP) is 5.54. The monoisotopic (exact) mass is 443 g/mol. The number of aliphatic imine (C=N–C) groups is 1. The van der Waals surface area contributed by atoms with Crippen molar-refractivity contribution in [3.63, 3.8) is 0 Å². The lowest BCUT2D eigenvalue weighted by atomic mass is 10.2. The van der Waals surface area contributed by atoms with Crippen molar-refractivity contribution in [1.82, 2.24) is 9.78 Å². The summed E-state index contributed by atoms with van der Waals surface area (Å²) in [5.41, 5.74) is 1.75. The molecule has 0 amide bonds. The molecule has 0 bridgehead atoms. The van der Waals surface area contributed by atoms with Crippen molar-refractivity contribution in [2.45, 2.75) is 9.79 Å². The Kier molecular flexibility index (Phi) is 4.86. The molecule has 1 aliphatic heterocycles. The molecule has 5 rings (SSSR count). The molecule has 6 nitrogen and oxygen atoms in total. The minimum atomic E-state index is -0.475. The van der Waals surface area contributed by atoms with E-state index in [1.165, 1.54) is 4.68 Å². The summed E-state index contributed by atoms with van der Waals surface area (Å²) >= 11 is 7.54. The maximum absolute atomic E-state index is 13.2. The van der Waals surface area contributed by atoms with Gasteiger partial charge < -0.3 is 5.32 Å². The first kappa shape index (κ1) is 19.2. The van der Waals surface area contributed by atoms with Crippen LogP contribution in [0.4, 0.5) is 17.2 Å². The van der Waals surface area contributed by atoms with Gasteiger partial charge in [0.1, 0.15) is 11.9 Å². The third kappa shape index (κ3) is 3.52. The number of benzene rings is 3. The van der Waals surface area contributed by atoms with Crippen molar-refractivity contribution in [3.05, 3.63) is 99.3 Å². The van der Waals surface area contributed by atoms with E-state index in [9.17, 15) is 10.1 Å². The van der Waals surface area contributed by atoms with Crippen LogP contribution in [0, 0.1) is 11.3 Å². The average molecular weight is 444 g/mol. The van der Waals surface area contributed by atoms with Crippen molar-refractivity contribution >= 4 is 46.4 Å². The molecule has 0 aliphatic carbocycles. The first-order valence-electron chi connectivity index (χ1n) is 9.37. The van der Waals surface area contributed by atoms with Crippen LogP contribution >= 0.6 is 23.4 Å². The zero-order chi connectivity index (χ0) is 21.4. The molecule has 1 aliphatic rings. The normalized spacial score (nSPS) is 12.2. The van der Waals surface area contributed by atoms with E-state index in [-0.39, 0.29) is 5.56 Å². The number of para-hydroxylation sites is 1. The summed E-state index contributed by atoms with van der Waals surface area (Å²) < 4.78 is 1.32. The number of halogens is 1. The Morgan fingerprint density at radius 2 is 1.71 bits per heavy atom. The van der Waals surface area contributed by atoms with Gasteiger partial charge >= 0.3 is 0 Å². The van der Waals surface area contributed by atoms with Crippen LogP contribution in [0.5, 0.6) is 0 Å². The highest BCUT2D eigenvalue weighted by Gasteiger charge is 2.23. The number of rotatable bonds is 2. The summed E-state index contributed by atoms with van der Waals surface area (Å²) in [6, 6.07) is 24.5. The summed E-state index contributed by atoms with van der Waals surface area (Å²) in [4.78, 5) is 19.9. The Hall–Kier alpha value is -3.73. The van der Waals surface area contributed by atoms with Crippen molar-refractivity contribution in [2.75, 3.05) is 5.32 Å². The lowest BCUT2D eigenvalue weighted by molar-refractivity contribution is 0.900. The van der Waals surface area contributed by atoms with Gasteiger partial charge in [-0.15, -0.1) is 0 Å². The first-order chi connectivity index (χ1) is 15.1. The third-order valence-corrected chi connectivity index (χ3v) is 6.16. The number of H-pyrrole nitrogens is 1. The van der Waals surface area contributed by atoms with Crippen LogP contribution in [0.1, 0.15) is 11.1 Å². The van der Waals surface area contributed by atoms with Crippen LogP contribution in [-0.2, 0) is 0 Å². The van der Waals surface area contributed by atoms with Crippen LogP contribution in [0.15, 0.2) is 92.4 Å². The summed E-state index contributed by atoms with van der Waals surface area (Å²) in [5, 5.41) is 16.4. The van der Waals surface area contributed by atoms with E-state index < -0.39 is 5.56 Å². The molecule has 0 saturated carbocycles. The summed E-state index contributed by atoms with van der Waals surface area (Å²) in [5.74, 6) is 0.721. The van der Waals surface area contributed by atoms with Crippen molar-refractivity contribution in [2.24, 2.45) is 4.99 Å². The zero-order valence-corrected chi connectivity index (χ0v) is 17.5. The molecule has 8 heteroatoms. The van der Waals surface area contributed by atoms with E-state index in [4.69, 9.17) is 16.6 Å². The van der Waals surface area contributed by atoms with E-state index in [2.05, 4.69) is 10.4 Å². The molecule has 0 fully saturated rings. The molecule has 0 unspecified atom stereocenters. The lowest BCUT2D eigenvalue weighted by Gasteiger charge is -2.09. The van der Waals surface area contributed by atoms with E-state index in [0.717, 1.165) is 21.0 Å². The number of fused-ring (bicyclic) bond motifs is 2. The summed E-state index contributed by atoms with van der Waals surface area (Å²) in [7, 11) is 0. The third-order valence-electron chi connectivity index (χ3n) is 4.77. The zero-order valence-electron chi connectivity index (χ0n) is 16.0. The Morgan fingerprint density at radius 1 is 1.00 bits per heavy atom. The quantitative estimate of drug-likeness (QED) is 0.375. The largest absolute Gasteiger partial charge is 0.339 e.